The van der Waals surface area contributed by atoms with Crippen molar-refractivity contribution < 1.29 is 14.4 Å². The second kappa shape index (κ2) is 18.8. The number of aromatic nitrogens is 2. The molecular formula is C41H48N10O3S. The summed E-state index contributed by atoms with van der Waals surface area (Å²) >= 11 is 1.77. The van der Waals surface area contributed by atoms with Gasteiger partial charge >= 0.3 is 0 Å². The monoisotopic (exact) mass is 760 g/mol. The Morgan fingerprint density at radius 2 is 1.85 bits per heavy atom. The van der Waals surface area contributed by atoms with Gasteiger partial charge in [0.15, 0.2) is 0 Å². The molecule has 6 rings (SSSR count). The van der Waals surface area contributed by atoms with Crippen LogP contribution in [0.2, 0.25) is 0 Å². The van der Waals surface area contributed by atoms with E-state index in [1.54, 1.807) is 36.5 Å². The number of anilines is 2. The quantitative estimate of drug-likeness (QED) is 0.0774. The maximum atomic E-state index is 12.9. The smallest absolute Gasteiger partial charge is 0.251 e. The van der Waals surface area contributed by atoms with Crippen LogP contribution in [-0.4, -0.2) is 108 Å². The molecule has 0 aliphatic carbocycles. The number of amidine groups is 1. The van der Waals surface area contributed by atoms with Gasteiger partial charge in [-0.15, -0.1) is 0 Å². The minimum absolute atomic E-state index is 0.115. The van der Waals surface area contributed by atoms with Gasteiger partial charge in [0.25, 0.3) is 5.91 Å². The first-order valence-electron chi connectivity index (χ1n) is 18.8. The topological polar surface area (TPSA) is 151 Å². The summed E-state index contributed by atoms with van der Waals surface area (Å²) < 4.78 is 4.16. The van der Waals surface area contributed by atoms with Gasteiger partial charge in [0.2, 0.25) is 0 Å². The number of nitrogens with zero attached hydrogens (tertiary/aromatic N) is 8. The van der Waals surface area contributed by atoms with Gasteiger partial charge in [-0.3, -0.25) is 19.4 Å². The van der Waals surface area contributed by atoms with E-state index in [9.17, 15) is 19.6 Å². The van der Waals surface area contributed by atoms with Crippen molar-refractivity contribution in [3.8, 4) is 6.07 Å². The predicted octanol–water partition coefficient (Wildman–Crippen LogP) is 5.13. The number of carbonyl (C=O) groups excluding carboxylic acids is 3. The zero-order valence-electron chi connectivity index (χ0n) is 31.3. The van der Waals surface area contributed by atoms with E-state index < -0.39 is 0 Å². The first-order valence-corrected chi connectivity index (χ1v) is 19.7. The summed E-state index contributed by atoms with van der Waals surface area (Å²) in [5.41, 5.74) is 5.28. The SMILES string of the molecule is C=N/C(=C1/C=CN=C1Nc1ccc(C(=O)NCCCN2CCN(c3ccc(C(C=O)CCC=O)cc3)CC2)cc1)c1cnn(C2(CC#N)CN(SCC)C2)c1. The molecule has 3 aromatic rings. The number of rotatable bonds is 18. The number of nitrogens with one attached hydrogen (secondary N) is 2. The van der Waals surface area contributed by atoms with Crippen LogP contribution in [-0.2, 0) is 15.1 Å². The number of amides is 1. The maximum absolute atomic E-state index is 12.9. The minimum atomic E-state index is -0.364. The zero-order valence-corrected chi connectivity index (χ0v) is 32.1. The summed E-state index contributed by atoms with van der Waals surface area (Å²) in [4.78, 5) is 48.8. The molecule has 0 bridgehead atoms. The Kier molecular flexibility index (Phi) is 13.4. The molecule has 14 heteroatoms. The number of carbonyl (C=O) groups is 3. The van der Waals surface area contributed by atoms with Crippen LogP contribution in [0.25, 0.3) is 5.70 Å². The van der Waals surface area contributed by atoms with Gasteiger partial charge in [0.05, 0.1) is 24.4 Å². The van der Waals surface area contributed by atoms with Gasteiger partial charge in [0, 0.05) is 104 Å². The molecule has 2 aromatic carbocycles. The molecule has 0 spiro atoms. The molecule has 13 nitrogen and oxygen atoms in total. The molecule has 1 unspecified atom stereocenters. The highest BCUT2D eigenvalue weighted by Gasteiger charge is 2.45. The maximum Gasteiger partial charge on any atom is 0.251 e. The third kappa shape index (κ3) is 9.48. The Labute approximate surface area is 327 Å². The lowest BCUT2D eigenvalue weighted by Gasteiger charge is -2.48. The van der Waals surface area contributed by atoms with Crippen LogP contribution < -0.4 is 15.5 Å². The second-order valence-electron chi connectivity index (χ2n) is 13.9. The molecule has 286 valence electrons. The van der Waals surface area contributed by atoms with Crippen molar-refractivity contribution in [3.05, 3.63) is 95.5 Å². The fourth-order valence-electron chi connectivity index (χ4n) is 7.20. The molecule has 3 aliphatic heterocycles. The Morgan fingerprint density at radius 3 is 2.53 bits per heavy atom. The van der Waals surface area contributed by atoms with Crippen LogP contribution >= 0.6 is 11.9 Å². The number of nitriles is 1. The summed E-state index contributed by atoms with van der Waals surface area (Å²) in [6.07, 6.45) is 11.2. The zero-order chi connectivity index (χ0) is 38.6. The molecule has 2 fully saturated rings. The molecule has 4 heterocycles. The standard InChI is InChI=1S/C41H48N10O3S/c1-3-55-50-29-41(30-50,16-17-42)51-27-34(26-46-51)38(43-2)37-15-19-44-39(37)47-35-11-7-32(8-12-35)40(54)45-18-5-20-48-21-23-49(24-22-48)36-13-9-31(10-14-36)33(28-53)6-4-25-52/h7-15,19,25-28,33H,2-6,16,18,20-24,29-30H2,1H3,(H,44,47)(H,45,54)/b38-37-. The summed E-state index contributed by atoms with van der Waals surface area (Å²) in [6, 6.07) is 17.8. The van der Waals surface area contributed by atoms with Crippen molar-refractivity contribution in [3.63, 3.8) is 0 Å². The molecule has 0 radical (unpaired) electrons. The van der Waals surface area contributed by atoms with E-state index in [4.69, 9.17) is 0 Å². The van der Waals surface area contributed by atoms with Crippen LogP contribution in [0.1, 0.15) is 60.0 Å². The van der Waals surface area contributed by atoms with Crippen molar-refractivity contribution in [1.29, 1.82) is 5.26 Å². The summed E-state index contributed by atoms with van der Waals surface area (Å²) in [5.74, 6) is 1.24. The highest BCUT2D eigenvalue weighted by Crippen LogP contribution is 2.37. The normalized spacial score (nSPS) is 18.1. The van der Waals surface area contributed by atoms with Crippen LogP contribution in [0.4, 0.5) is 11.4 Å². The molecule has 55 heavy (non-hydrogen) atoms. The number of benzene rings is 2. The number of hydrogen-bond donors (Lipinski definition) is 2. The largest absolute Gasteiger partial charge is 0.369 e. The molecule has 1 atom stereocenters. The fourth-order valence-corrected chi connectivity index (χ4v) is 8.23. The second-order valence-corrected chi connectivity index (χ2v) is 15.2. The van der Waals surface area contributed by atoms with Crippen molar-refractivity contribution in [2.24, 2.45) is 9.98 Å². The number of hydrogen-bond acceptors (Lipinski definition) is 12. The number of aldehydes is 2. The number of aliphatic imine (C=N–C) groups is 2. The van der Waals surface area contributed by atoms with Crippen molar-refractivity contribution in [2.75, 3.05) is 68.3 Å². The predicted molar refractivity (Wildman–Crippen MR) is 219 cm³/mol. The van der Waals surface area contributed by atoms with Crippen molar-refractivity contribution in [2.45, 2.75) is 44.1 Å². The van der Waals surface area contributed by atoms with Crippen LogP contribution in [0.5, 0.6) is 0 Å². The summed E-state index contributed by atoms with van der Waals surface area (Å²) in [6.45, 7) is 12.6. The van der Waals surface area contributed by atoms with Crippen LogP contribution in [0, 0.1) is 11.3 Å². The molecular weight excluding hydrogens is 713 g/mol. The fraction of sp³-hybridized carbons (Fsp3) is 0.390. The van der Waals surface area contributed by atoms with E-state index in [1.807, 2.05) is 41.2 Å². The van der Waals surface area contributed by atoms with Gasteiger partial charge in [-0.2, -0.15) is 10.4 Å². The summed E-state index contributed by atoms with van der Waals surface area (Å²) in [7, 11) is 0. The molecule has 0 saturated carbocycles. The third-order valence-electron chi connectivity index (χ3n) is 10.3. The molecule has 1 aromatic heterocycles. The van der Waals surface area contributed by atoms with E-state index in [1.165, 1.54) is 0 Å². The average molecular weight is 761 g/mol. The Hall–Kier alpha value is -5.36. The lowest BCUT2D eigenvalue weighted by Crippen LogP contribution is -2.60. The molecule has 1 amide bonds. The van der Waals surface area contributed by atoms with E-state index in [-0.39, 0.29) is 17.4 Å². The van der Waals surface area contributed by atoms with Crippen molar-refractivity contribution in [1.82, 2.24) is 24.3 Å². The van der Waals surface area contributed by atoms with Gasteiger partial charge in [-0.25, -0.2) is 9.30 Å². The highest BCUT2D eigenvalue weighted by molar-refractivity contribution is 7.97. The van der Waals surface area contributed by atoms with E-state index in [0.29, 0.717) is 42.9 Å². The first-order chi connectivity index (χ1) is 26.9. The van der Waals surface area contributed by atoms with Gasteiger partial charge in [-0.1, -0.05) is 31.0 Å². The molecule has 2 saturated heterocycles. The lowest BCUT2D eigenvalue weighted by molar-refractivity contribution is -0.109. The summed E-state index contributed by atoms with van der Waals surface area (Å²) in [5, 5.41) is 20.6. The first kappa shape index (κ1) is 39.3. The van der Waals surface area contributed by atoms with Gasteiger partial charge in [-0.05, 0) is 74.1 Å². The van der Waals surface area contributed by atoms with Crippen LogP contribution in [0.15, 0.2) is 88.8 Å². The highest BCUT2D eigenvalue weighted by atomic mass is 32.2. The minimum Gasteiger partial charge on any atom is -0.369 e. The number of piperazine rings is 1. The van der Waals surface area contributed by atoms with E-state index in [0.717, 1.165) is 98.6 Å². The molecule has 2 N–H and O–H groups in total. The lowest BCUT2D eigenvalue weighted by atomic mass is 9.89. The van der Waals surface area contributed by atoms with Gasteiger partial charge in [0.1, 0.15) is 23.9 Å². The molecule has 3 aliphatic rings. The van der Waals surface area contributed by atoms with Crippen LogP contribution in [0.3, 0.4) is 0 Å². The van der Waals surface area contributed by atoms with E-state index in [2.05, 4.69) is 71.7 Å². The Bertz CT molecular complexity index is 1950. The van der Waals surface area contributed by atoms with E-state index >= 15 is 0 Å². The Balaban J connectivity index is 0.948. The average Bonchev–Trinajstić information content (AvgIpc) is 3.88. The van der Waals surface area contributed by atoms with Crippen molar-refractivity contribution >= 4 is 60.1 Å². The third-order valence-corrected chi connectivity index (χ3v) is 11.2. The Morgan fingerprint density at radius 1 is 1.09 bits per heavy atom. The van der Waals surface area contributed by atoms with Gasteiger partial charge < -0.3 is 25.1 Å².